The third-order valence-corrected chi connectivity index (χ3v) is 4.84. The fourth-order valence-corrected chi connectivity index (χ4v) is 3.58. The number of anilines is 1. The molecular weight excluding hydrogens is 316 g/mol. The first kappa shape index (κ1) is 15.9. The molecule has 0 bridgehead atoms. The highest BCUT2D eigenvalue weighted by Crippen LogP contribution is 2.23. The SMILES string of the molecule is CCc1nc(N)sc1C(=O)N[C@H]1COC[C@H]1Cc1cc(C)no1. The maximum atomic E-state index is 12.5. The van der Waals surface area contributed by atoms with E-state index in [2.05, 4.69) is 15.5 Å². The van der Waals surface area contributed by atoms with Gasteiger partial charge >= 0.3 is 0 Å². The Hall–Kier alpha value is -1.93. The lowest BCUT2D eigenvalue weighted by Crippen LogP contribution is -2.40. The van der Waals surface area contributed by atoms with Gasteiger partial charge in [-0.25, -0.2) is 4.98 Å². The topological polar surface area (TPSA) is 103 Å². The van der Waals surface area contributed by atoms with Crippen molar-refractivity contribution in [2.75, 3.05) is 18.9 Å². The number of rotatable bonds is 5. The summed E-state index contributed by atoms with van der Waals surface area (Å²) in [5, 5.41) is 7.36. The molecule has 1 saturated heterocycles. The quantitative estimate of drug-likeness (QED) is 0.859. The van der Waals surface area contributed by atoms with Crippen LogP contribution in [0.4, 0.5) is 5.13 Å². The number of ether oxygens (including phenoxy) is 1. The summed E-state index contributed by atoms with van der Waals surface area (Å²) in [5.41, 5.74) is 7.31. The molecule has 0 unspecified atom stereocenters. The van der Waals surface area contributed by atoms with Gasteiger partial charge in [0.2, 0.25) is 0 Å². The van der Waals surface area contributed by atoms with E-state index in [1.807, 2.05) is 19.9 Å². The lowest BCUT2D eigenvalue weighted by molar-refractivity contribution is 0.0927. The first-order valence-electron chi connectivity index (χ1n) is 7.62. The van der Waals surface area contributed by atoms with Gasteiger partial charge in [0, 0.05) is 18.4 Å². The number of hydrogen-bond acceptors (Lipinski definition) is 7. The average molecular weight is 336 g/mol. The minimum Gasteiger partial charge on any atom is -0.379 e. The van der Waals surface area contributed by atoms with Crippen molar-refractivity contribution in [2.24, 2.45) is 5.92 Å². The van der Waals surface area contributed by atoms with E-state index >= 15 is 0 Å². The third-order valence-electron chi connectivity index (χ3n) is 3.91. The summed E-state index contributed by atoms with van der Waals surface area (Å²) in [6.07, 6.45) is 1.37. The van der Waals surface area contributed by atoms with Crippen molar-refractivity contribution in [3.8, 4) is 0 Å². The molecular formula is C15H20N4O3S. The van der Waals surface area contributed by atoms with Crippen LogP contribution in [0.2, 0.25) is 0 Å². The number of hydrogen-bond donors (Lipinski definition) is 2. The Balaban J connectivity index is 1.67. The molecule has 3 N–H and O–H groups in total. The third kappa shape index (κ3) is 3.53. The lowest BCUT2D eigenvalue weighted by Gasteiger charge is -2.17. The van der Waals surface area contributed by atoms with Crippen LogP contribution in [0.15, 0.2) is 10.6 Å². The van der Waals surface area contributed by atoms with E-state index in [1.165, 1.54) is 11.3 Å². The molecule has 3 heterocycles. The van der Waals surface area contributed by atoms with Crippen molar-refractivity contribution in [3.05, 3.63) is 28.1 Å². The van der Waals surface area contributed by atoms with Gasteiger partial charge in [-0.2, -0.15) is 0 Å². The molecule has 2 aromatic rings. The first-order valence-corrected chi connectivity index (χ1v) is 8.44. The van der Waals surface area contributed by atoms with Gasteiger partial charge < -0.3 is 20.3 Å². The number of nitrogens with one attached hydrogen (secondary N) is 1. The zero-order valence-electron chi connectivity index (χ0n) is 13.2. The highest BCUT2D eigenvalue weighted by Gasteiger charge is 2.32. The maximum Gasteiger partial charge on any atom is 0.263 e. The fraction of sp³-hybridized carbons (Fsp3) is 0.533. The van der Waals surface area contributed by atoms with Crippen molar-refractivity contribution in [2.45, 2.75) is 32.7 Å². The summed E-state index contributed by atoms with van der Waals surface area (Å²) in [4.78, 5) is 17.3. The molecule has 8 heteroatoms. The second-order valence-corrected chi connectivity index (χ2v) is 6.73. The Morgan fingerprint density at radius 2 is 2.35 bits per heavy atom. The van der Waals surface area contributed by atoms with Crippen molar-refractivity contribution in [1.29, 1.82) is 0 Å². The van der Waals surface area contributed by atoms with Gasteiger partial charge in [-0.15, -0.1) is 0 Å². The van der Waals surface area contributed by atoms with E-state index < -0.39 is 0 Å². The minimum atomic E-state index is -0.134. The summed E-state index contributed by atoms with van der Waals surface area (Å²) < 4.78 is 10.8. The maximum absolute atomic E-state index is 12.5. The van der Waals surface area contributed by atoms with Crippen molar-refractivity contribution in [1.82, 2.24) is 15.5 Å². The standard InChI is InChI=1S/C15H20N4O3S/c1-3-11-13(23-15(16)18-11)14(20)17-12-7-21-6-9(12)5-10-4-8(2)19-22-10/h4,9,12H,3,5-7H2,1-2H3,(H2,16,18)(H,17,20)/t9-,12+/m1/s1. The Kier molecular flexibility index (Phi) is 4.63. The first-order chi connectivity index (χ1) is 11.1. The van der Waals surface area contributed by atoms with E-state index in [9.17, 15) is 4.79 Å². The monoisotopic (exact) mass is 336 g/mol. The van der Waals surface area contributed by atoms with Gasteiger partial charge in [-0.3, -0.25) is 4.79 Å². The summed E-state index contributed by atoms with van der Waals surface area (Å²) in [6.45, 7) is 4.94. The summed E-state index contributed by atoms with van der Waals surface area (Å²) in [7, 11) is 0. The predicted molar refractivity (Wildman–Crippen MR) is 86.4 cm³/mol. The summed E-state index contributed by atoms with van der Waals surface area (Å²) >= 11 is 1.22. The Morgan fingerprint density at radius 1 is 1.52 bits per heavy atom. The molecule has 124 valence electrons. The van der Waals surface area contributed by atoms with E-state index in [4.69, 9.17) is 15.0 Å². The predicted octanol–water partition coefficient (Wildman–Crippen LogP) is 1.57. The highest BCUT2D eigenvalue weighted by molar-refractivity contribution is 7.17. The number of aryl methyl sites for hydroxylation is 2. The zero-order chi connectivity index (χ0) is 16.4. The molecule has 23 heavy (non-hydrogen) atoms. The van der Waals surface area contributed by atoms with Crippen molar-refractivity contribution >= 4 is 22.4 Å². The molecule has 1 fully saturated rings. The molecule has 3 rings (SSSR count). The van der Waals surface area contributed by atoms with Gasteiger partial charge in [0.1, 0.15) is 10.6 Å². The van der Waals surface area contributed by atoms with Crippen LogP contribution < -0.4 is 11.1 Å². The number of nitrogens with two attached hydrogens (primary N) is 1. The van der Waals surface area contributed by atoms with E-state index in [0.29, 0.717) is 36.1 Å². The van der Waals surface area contributed by atoms with Crippen LogP contribution in [-0.4, -0.2) is 35.3 Å². The van der Waals surface area contributed by atoms with Crippen LogP contribution in [-0.2, 0) is 17.6 Å². The number of amides is 1. The van der Waals surface area contributed by atoms with Crippen LogP contribution in [0, 0.1) is 12.8 Å². The zero-order valence-corrected chi connectivity index (χ0v) is 14.0. The molecule has 0 aromatic carbocycles. The number of nitrogens with zero attached hydrogens (tertiary/aromatic N) is 2. The Bertz CT molecular complexity index is 697. The number of aromatic nitrogens is 2. The number of carbonyl (C=O) groups is 1. The Labute approximate surface area is 138 Å². The van der Waals surface area contributed by atoms with Gasteiger partial charge in [0.15, 0.2) is 5.13 Å². The molecule has 0 saturated carbocycles. The van der Waals surface area contributed by atoms with Crippen LogP contribution in [0.3, 0.4) is 0 Å². The molecule has 2 atom stereocenters. The highest BCUT2D eigenvalue weighted by atomic mass is 32.1. The second kappa shape index (κ2) is 6.67. The van der Waals surface area contributed by atoms with Gasteiger partial charge in [0.05, 0.1) is 30.6 Å². The van der Waals surface area contributed by atoms with E-state index in [-0.39, 0.29) is 17.9 Å². The molecule has 0 radical (unpaired) electrons. The molecule has 2 aromatic heterocycles. The van der Waals surface area contributed by atoms with Gasteiger partial charge in [-0.05, 0) is 13.3 Å². The van der Waals surface area contributed by atoms with Crippen LogP contribution in [0.25, 0.3) is 0 Å². The lowest BCUT2D eigenvalue weighted by atomic mass is 9.98. The molecule has 0 spiro atoms. The van der Waals surface area contributed by atoms with Crippen LogP contribution in [0.1, 0.15) is 33.7 Å². The number of carbonyl (C=O) groups excluding carboxylic acids is 1. The number of thiazole rings is 1. The molecule has 1 aliphatic heterocycles. The van der Waals surface area contributed by atoms with Crippen molar-refractivity contribution in [3.63, 3.8) is 0 Å². The van der Waals surface area contributed by atoms with E-state index in [1.54, 1.807) is 0 Å². The summed E-state index contributed by atoms with van der Waals surface area (Å²) in [6, 6.07) is 1.86. The van der Waals surface area contributed by atoms with Gasteiger partial charge in [-0.1, -0.05) is 23.4 Å². The van der Waals surface area contributed by atoms with Crippen molar-refractivity contribution < 1.29 is 14.1 Å². The molecule has 0 aliphatic carbocycles. The molecule has 1 amide bonds. The average Bonchev–Trinajstić information content (AvgIpc) is 3.21. The smallest absolute Gasteiger partial charge is 0.263 e. The molecule has 7 nitrogen and oxygen atoms in total. The fourth-order valence-electron chi connectivity index (χ4n) is 2.75. The largest absolute Gasteiger partial charge is 0.379 e. The van der Waals surface area contributed by atoms with E-state index in [0.717, 1.165) is 17.1 Å². The van der Waals surface area contributed by atoms with Gasteiger partial charge in [0.25, 0.3) is 5.91 Å². The molecule has 1 aliphatic rings. The summed E-state index contributed by atoms with van der Waals surface area (Å²) in [5.74, 6) is 0.848. The number of nitrogen functional groups attached to an aromatic ring is 1. The van der Waals surface area contributed by atoms with Crippen LogP contribution in [0.5, 0.6) is 0 Å². The normalized spacial score (nSPS) is 20.8. The van der Waals surface area contributed by atoms with Crippen LogP contribution >= 0.6 is 11.3 Å². The minimum absolute atomic E-state index is 0.0547. The second-order valence-electron chi connectivity index (χ2n) is 5.70. The Morgan fingerprint density at radius 3 is 3.04 bits per heavy atom.